The molecule has 0 aliphatic rings. The van der Waals surface area contributed by atoms with Crippen LogP contribution in [0.15, 0.2) is 48.5 Å². The maximum atomic E-state index is 12.9. The molecule has 1 N–H and O–H groups in total. The van der Waals surface area contributed by atoms with Crippen LogP contribution in [0.5, 0.6) is 5.75 Å². The smallest absolute Gasteiger partial charge is 0.123 e. The summed E-state index contributed by atoms with van der Waals surface area (Å²) in [5.41, 5.74) is 2.17. The molecule has 2 aromatic carbocycles. The molecule has 0 bridgehead atoms. The van der Waals surface area contributed by atoms with E-state index in [0.717, 1.165) is 30.3 Å². The van der Waals surface area contributed by atoms with Gasteiger partial charge in [-0.1, -0.05) is 38.1 Å². The molecule has 0 spiro atoms. The summed E-state index contributed by atoms with van der Waals surface area (Å²) in [5.74, 6) is 1.34. The number of rotatable bonds is 8. The molecule has 0 heterocycles. The largest absolute Gasteiger partial charge is 0.489 e. The van der Waals surface area contributed by atoms with Crippen molar-refractivity contribution in [2.75, 3.05) is 6.54 Å². The van der Waals surface area contributed by atoms with Gasteiger partial charge in [-0.25, -0.2) is 4.39 Å². The molecule has 0 fully saturated rings. The molecule has 0 amide bonds. The summed E-state index contributed by atoms with van der Waals surface area (Å²) in [6, 6.07) is 14.5. The Kier molecular flexibility index (Phi) is 8.67. The molecule has 2 nitrogen and oxygen atoms in total. The van der Waals surface area contributed by atoms with E-state index in [1.165, 1.54) is 24.1 Å². The number of halogens is 2. The number of benzene rings is 2. The van der Waals surface area contributed by atoms with E-state index in [4.69, 9.17) is 4.74 Å². The van der Waals surface area contributed by atoms with E-state index in [2.05, 4.69) is 25.2 Å². The summed E-state index contributed by atoms with van der Waals surface area (Å²) in [5, 5.41) is 3.44. The van der Waals surface area contributed by atoms with Crippen molar-refractivity contribution in [3.8, 4) is 5.75 Å². The molecule has 0 saturated carbocycles. The zero-order valence-corrected chi connectivity index (χ0v) is 14.5. The van der Waals surface area contributed by atoms with Gasteiger partial charge in [-0.05, 0) is 54.3 Å². The standard InChI is InChI=1S/C19H24FNO.ClH/c1-15(2)10-11-21-13-17-4-3-5-19(12-17)22-14-16-6-8-18(20)9-7-16;/h3-9,12,15,21H,10-11,13-14H2,1-2H3;1H. The third kappa shape index (κ3) is 7.49. The Morgan fingerprint density at radius 1 is 1.04 bits per heavy atom. The van der Waals surface area contributed by atoms with Gasteiger partial charge in [-0.2, -0.15) is 0 Å². The maximum Gasteiger partial charge on any atom is 0.123 e. The topological polar surface area (TPSA) is 21.3 Å². The minimum atomic E-state index is -0.224. The summed E-state index contributed by atoms with van der Waals surface area (Å²) >= 11 is 0. The zero-order valence-electron chi connectivity index (χ0n) is 13.7. The zero-order chi connectivity index (χ0) is 15.8. The van der Waals surface area contributed by atoms with Gasteiger partial charge in [0.2, 0.25) is 0 Å². The van der Waals surface area contributed by atoms with Crippen LogP contribution in [-0.4, -0.2) is 6.54 Å². The molecule has 0 aliphatic carbocycles. The second kappa shape index (κ2) is 10.2. The molecule has 0 radical (unpaired) electrons. The minimum absolute atomic E-state index is 0. The average molecular weight is 338 g/mol. The fourth-order valence-corrected chi connectivity index (χ4v) is 2.12. The summed E-state index contributed by atoms with van der Waals surface area (Å²) < 4.78 is 18.6. The Bertz CT molecular complexity index is 572. The van der Waals surface area contributed by atoms with Gasteiger partial charge < -0.3 is 10.1 Å². The summed E-state index contributed by atoms with van der Waals surface area (Å²) in [6.07, 6.45) is 1.18. The molecule has 23 heavy (non-hydrogen) atoms. The Labute approximate surface area is 144 Å². The highest BCUT2D eigenvalue weighted by Gasteiger charge is 2.00. The molecular weight excluding hydrogens is 313 g/mol. The van der Waals surface area contributed by atoms with Gasteiger partial charge in [0.1, 0.15) is 18.2 Å². The molecule has 126 valence electrons. The van der Waals surface area contributed by atoms with Crippen molar-refractivity contribution in [3.05, 3.63) is 65.5 Å². The molecule has 2 rings (SSSR count). The van der Waals surface area contributed by atoms with E-state index in [0.29, 0.717) is 6.61 Å². The van der Waals surface area contributed by atoms with E-state index in [9.17, 15) is 4.39 Å². The van der Waals surface area contributed by atoms with E-state index in [1.54, 1.807) is 12.1 Å². The number of hydrogen-bond acceptors (Lipinski definition) is 2. The highest BCUT2D eigenvalue weighted by molar-refractivity contribution is 5.85. The Morgan fingerprint density at radius 3 is 2.48 bits per heavy atom. The van der Waals surface area contributed by atoms with Crippen molar-refractivity contribution >= 4 is 12.4 Å². The fraction of sp³-hybridized carbons (Fsp3) is 0.368. The van der Waals surface area contributed by atoms with Crippen molar-refractivity contribution in [1.82, 2.24) is 5.32 Å². The lowest BCUT2D eigenvalue weighted by Crippen LogP contribution is -2.16. The van der Waals surface area contributed by atoms with Crippen LogP contribution in [0, 0.1) is 11.7 Å². The predicted octanol–water partition coefficient (Wildman–Crippen LogP) is 4.96. The quantitative estimate of drug-likeness (QED) is 0.687. The van der Waals surface area contributed by atoms with E-state index >= 15 is 0 Å². The van der Waals surface area contributed by atoms with Gasteiger partial charge in [-0.3, -0.25) is 0 Å². The van der Waals surface area contributed by atoms with Gasteiger partial charge >= 0.3 is 0 Å². The third-order valence-corrected chi connectivity index (χ3v) is 3.44. The van der Waals surface area contributed by atoms with Crippen molar-refractivity contribution in [2.24, 2.45) is 5.92 Å². The van der Waals surface area contributed by atoms with Crippen LogP contribution in [-0.2, 0) is 13.2 Å². The van der Waals surface area contributed by atoms with E-state index in [1.807, 2.05) is 18.2 Å². The first-order valence-electron chi connectivity index (χ1n) is 7.80. The predicted molar refractivity (Wildman–Crippen MR) is 95.6 cm³/mol. The van der Waals surface area contributed by atoms with Crippen LogP contribution in [0.4, 0.5) is 4.39 Å². The van der Waals surface area contributed by atoms with Crippen molar-refractivity contribution in [2.45, 2.75) is 33.4 Å². The second-order valence-corrected chi connectivity index (χ2v) is 5.92. The summed E-state index contributed by atoms with van der Waals surface area (Å²) in [6.45, 7) is 6.78. The third-order valence-electron chi connectivity index (χ3n) is 3.44. The van der Waals surface area contributed by atoms with E-state index < -0.39 is 0 Å². The van der Waals surface area contributed by atoms with Crippen LogP contribution in [0.3, 0.4) is 0 Å². The second-order valence-electron chi connectivity index (χ2n) is 5.92. The van der Waals surface area contributed by atoms with Crippen LogP contribution >= 0.6 is 12.4 Å². The summed E-state index contributed by atoms with van der Waals surface area (Å²) in [4.78, 5) is 0. The first-order chi connectivity index (χ1) is 10.6. The Hall–Kier alpha value is -1.58. The lowest BCUT2D eigenvalue weighted by molar-refractivity contribution is 0.305. The molecule has 0 unspecified atom stereocenters. The molecular formula is C19H25ClFNO. The first kappa shape index (κ1) is 19.5. The first-order valence-corrected chi connectivity index (χ1v) is 7.80. The van der Waals surface area contributed by atoms with Gasteiger partial charge in [0.25, 0.3) is 0 Å². The van der Waals surface area contributed by atoms with Crippen LogP contribution in [0.2, 0.25) is 0 Å². The molecule has 0 saturated heterocycles. The average Bonchev–Trinajstić information content (AvgIpc) is 2.51. The van der Waals surface area contributed by atoms with Gasteiger partial charge in [0, 0.05) is 6.54 Å². The highest BCUT2D eigenvalue weighted by atomic mass is 35.5. The minimum Gasteiger partial charge on any atom is -0.489 e. The Morgan fingerprint density at radius 2 is 1.78 bits per heavy atom. The van der Waals surface area contributed by atoms with E-state index in [-0.39, 0.29) is 18.2 Å². The number of nitrogens with one attached hydrogen (secondary N) is 1. The lowest BCUT2D eigenvalue weighted by atomic mass is 10.1. The molecule has 0 aliphatic heterocycles. The van der Waals surface area contributed by atoms with Crippen LogP contribution < -0.4 is 10.1 Å². The normalized spacial score (nSPS) is 10.4. The molecule has 2 aromatic rings. The maximum absolute atomic E-state index is 12.9. The number of ether oxygens (including phenoxy) is 1. The molecule has 0 atom stereocenters. The molecule has 0 aromatic heterocycles. The van der Waals surface area contributed by atoms with Crippen LogP contribution in [0.25, 0.3) is 0 Å². The molecule has 4 heteroatoms. The Balaban J connectivity index is 0.00000264. The van der Waals surface area contributed by atoms with Crippen molar-refractivity contribution in [3.63, 3.8) is 0 Å². The fourth-order valence-electron chi connectivity index (χ4n) is 2.12. The van der Waals surface area contributed by atoms with Gasteiger partial charge in [0.05, 0.1) is 0 Å². The van der Waals surface area contributed by atoms with Gasteiger partial charge in [-0.15, -0.1) is 12.4 Å². The monoisotopic (exact) mass is 337 g/mol. The van der Waals surface area contributed by atoms with Crippen molar-refractivity contribution < 1.29 is 9.13 Å². The van der Waals surface area contributed by atoms with Crippen molar-refractivity contribution in [1.29, 1.82) is 0 Å². The SMILES string of the molecule is CC(C)CCNCc1cccc(OCc2ccc(F)cc2)c1.Cl. The van der Waals surface area contributed by atoms with Gasteiger partial charge in [0.15, 0.2) is 0 Å². The highest BCUT2D eigenvalue weighted by Crippen LogP contribution is 2.15. The number of hydrogen-bond donors (Lipinski definition) is 1. The summed E-state index contributed by atoms with van der Waals surface area (Å²) in [7, 11) is 0. The lowest BCUT2D eigenvalue weighted by Gasteiger charge is -2.10. The van der Waals surface area contributed by atoms with Crippen LogP contribution in [0.1, 0.15) is 31.4 Å².